The van der Waals surface area contributed by atoms with Gasteiger partial charge in [0.15, 0.2) is 6.61 Å². The summed E-state index contributed by atoms with van der Waals surface area (Å²) in [5.74, 6) is 0.424. The number of carbonyl (C=O) groups excluding carboxylic acids is 3. The van der Waals surface area contributed by atoms with Crippen molar-refractivity contribution in [1.29, 1.82) is 0 Å². The first-order valence-corrected chi connectivity index (χ1v) is 10.6. The molecule has 0 saturated carbocycles. The Morgan fingerprint density at radius 2 is 1.70 bits per heavy atom. The van der Waals surface area contributed by atoms with Crippen LogP contribution in [-0.2, 0) is 14.4 Å². The van der Waals surface area contributed by atoms with Gasteiger partial charge in [0, 0.05) is 44.7 Å². The molecular weight excluding hydrogens is 382 g/mol. The summed E-state index contributed by atoms with van der Waals surface area (Å²) in [6, 6.07) is 5.88. The van der Waals surface area contributed by atoms with Crippen LogP contribution < -0.4 is 4.74 Å². The Balaban J connectivity index is 1.48. The number of likely N-dealkylation sites (tertiary alicyclic amines) is 1. The minimum Gasteiger partial charge on any atom is -0.484 e. The number of rotatable bonds is 4. The summed E-state index contributed by atoms with van der Waals surface area (Å²) in [7, 11) is 0. The average Bonchev–Trinajstić information content (AvgIpc) is 3.09. The molecule has 3 amide bonds. The maximum absolute atomic E-state index is 12.9. The van der Waals surface area contributed by atoms with E-state index in [0.717, 1.165) is 16.9 Å². The fourth-order valence-corrected chi connectivity index (χ4v) is 4.15. The molecule has 30 heavy (non-hydrogen) atoms. The van der Waals surface area contributed by atoms with Crippen molar-refractivity contribution in [1.82, 2.24) is 14.7 Å². The van der Waals surface area contributed by atoms with Gasteiger partial charge in [-0.1, -0.05) is 17.7 Å². The highest BCUT2D eigenvalue weighted by Crippen LogP contribution is 2.27. The SMILES string of the molecule is Cc1ccc(OCC(=O)N2CCN(C(=O)C3CC(=O)N(C(C)(C)C)C3)CC2)c(C)c1. The first-order valence-electron chi connectivity index (χ1n) is 10.6. The Morgan fingerprint density at radius 3 is 2.27 bits per heavy atom. The number of hydrogen-bond donors (Lipinski definition) is 0. The molecular formula is C23H33N3O4. The van der Waals surface area contributed by atoms with Crippen LogP contribution in [-0.4, -0.2) is 77.3 Å². The van der Waals surface area contributed by atoms with Gasteiger partial charge in [-0.15, -0.1) is 0 Å². The van der Waals surface area contributed by atoms with Crippen LogP contribution in [0.25, 0.3) is 0 Å². The molecule has 0 bridgehead atoms. The summed E-state index contributed by atoms with van der Waals surface area (Å²) >= 11 is 0. The number of hydrogen-bond acceptors (Lipinski definition) is 4. The van der Waals surface area contributed by atoms with Crippen LogP contribution in [0.5, 0.6) is 5.75 Å². The lowest BCUT2D eigenvalue weighted by molar-refractivity contribution is -0.142. The second-order valence-electron chi connectivity index (χ2n) is 9.34. The minimum absolute atomic E-state index is 0.00445. The van der Waals surface area contributed by atoms with E-state index in [9.17, 15) is 14.4 Å². The van der Waals surface area contributed by atoms with Crippen molar-refractivity contribution in [2.75, 3.05) is 39.3 Å². The van der Waals surface area contributed by atoms with Gasteiger partial charge in [0.1, 0.15) is 5.75 Å². The molecule has 2 aliphatic heterocycles. The molecule has 2 heterocycles. The summed E-state index contributed by atoms with van der Waals surface area (Å²) in [5, 5.41) is 0. The smallest absolute Gasteiger partial charge is 0.260 e. The van der Waals surface area contributed by atoms with Gasteiger partial charge in [-0.3, -0.25) is 14.4 Å². The van der Waals surface area contributed by atoms with Crippen LogP contribution in [0.3, 0.4) is 0 Å². The molecule has 1 atom stereocenters. The van der Waals surface area contributed by atoms with Crippen LogP contribution >= 0.6 is 0 Å². The number of ether oxygens (including phenoxy) is 1. The van der Waals surface area contributed by atoms with Gasteiger partial charge in [-0.2, -0.15) is 0 Å². The lowest BCUT2D eigenvalue weighted by Gasteiger charge is -2.36. The van der Waals surface area contributed by atoms with E-state index in [-0.39, 0.29) is 42.2 Å². The van der Waals surface area contributed by atoms with Gasteiger partial charge >= 0.3 is 0 Å². The van der Waals surface area contributed by atoms with Crippen molar-refractivity contribution in [2.45, 2.75) is 46.6 Å². The maximum Gasteiger partial charge on any atom is 0.260 e. The van der Waals surface area contributed by atoms with E-state index < -0.39 is 0 Å². The van der Waals surface area contributed by atoms with Crippen LogP contribution in [0.2, 0.25) is 0 Å². The minimum atomic E-state index is -0.285. The molecule has 164 valence electrons. The first-order chi connectivity index (χ1) is 14.1. The lowest BCUT2D eigenvalue weighted by atomic mass is 10.1. The van der Waals surface area contributed by atoms with E-state index in [2.05, 4.69) is 0 Å². The molecule has 2 saturated heterocycles. The number of aryl methyl sites for hydroxylation is 2. The number of piperazine rings is 1. The largest absolute Gasteiger partial charge is 0.484 e. The molecule has 0 radical (unpaired) electrons. The van der Waals surface area contributed by atoms with E-state index in [1.165, 1.54) is 0 Å². The Hall–Kier alpha value is -2.57. The predicted molar refractivity (Wildman–Crippen MR) is 114 cm³/mol. The third-order valence-corrected chi connectivity index (χ3v) is 5.91. The van der Waals surface area contributed by atoms with E-state index >= 15 is 0 Å². The van der Waals surface area contributed by atoms with E-state index in [1.54, 1.807) is 14.7 Å². The Bertz CT molecular complexity index is 822. The molecule has 7 heteroatoms. The summed E-state index contributed by atoms with van der Waals surface area (Å²) in [6.45, 7) is 12.4. The molecule has 0 spiro atoms. The van der Waals surface area contributed by atoms with Gasteiger partial charge in [-0.25, -0.2) is 0 Å². The molecule has 2 aliphatic rings. The van der Waals surface area contributed by atoms with Gasteiger partial charge in [0.2, 0.25) is 11.8 Å². The second kappa shape index (κ2) is 8.66. The van der Waals surface area contributed by atoms with Crippen molar-refractivity contribution in [3.63, 3.8) is 0 Å². The molecule has 1 aromatic rings. The van der Waals surface area contributed by atoms with Crippen LogP contribution in [0.1, 0.15) is 38.3 Å². The highest BCUT2D eigenvalue weighted by atomic mass is 16.5. The van der Waals surface area contributed by atoms with Crippen molar-refractivity contribution in [3.05, 3.63) is 29.3 Å². The summed E-state index contributed by atoms with van der Waals surface area (Å²) in [6.07, 6.45) is 0.277. The molecule has 3 rings (SSSR count). The average molecular weight is 416 g/mol. The van der Waals surface area contributed by atoms with Gasteiger partial charge in [-0.05, 0) is 46.2 Å². The molecule has 1 unspecified atom stereocenters. The van der Waals surface area contributed by atoms with Crippen LogP contribution in [0.4, 0.5) is 0 Å². The van der Waals surface area contributed by atoms with E-state index in [4.69, 9.17) is 4.74 Å². The fourth-order valence-electron chi connectivity index (χ4n) is 4.15. The van der Waals surface area contributed by atoms with Crippen molar-refractivity contribution in [2.24, 2.45) is 5.92 Å². The topological polar surface area (TPSA) is 70.2 Å². The van der Waals surface area contributed by atoms with Crippen molar-refractivity contribution < 1.29 is 19.1 Å². The fraction of sp³-hybridized carbons (Fsp3) is 0.609. The zero-order valence-electron chi connectivity index (χ0n) is 18.7. The highest BCUT2D eigenvalue weighted by Gasteiger charge is 2.41. The zero-order valence-corrected chi connectivity index (χ0v) is 18.7. The van der Waals surface area contributed by atoms with E-state index in [1.807, 2.05) is 52.8 Å². The van der Waals surface area contributed by atoms with Gasteiger partial charge in [0.05, 0.1) is 5.92 Å². The normalized spacial score (nSPS) is 20.0. The number of benzene rings is 1. The van der Waals surface area contributed by atoms with Crippen LogP contribution in [0.15, 0.2) is 18.2 Å². The van der Waals surface area contributed by atoms with Gasteiger partial charge < -0.3 is 19.4 Å². The molecule has 2 fully saturated rings. The maximum atomic E-state index is 12.9. The predicted octanol–water partition coefficient (Wildman–Crippen LogP) is 2.00. The van der Waals surface area contributed by atoms with Crippen molar-refractivity contribution >= 4 is 17.7 Å². The summed E-state index contributed by atoms with van der Waals surface area (Å²) in [4.78, 5) is 43.0. The Labute approximate surface area is 179 Å². The number of nitrogens with zero attached hydrogens (tertiary/aromatic N) is 3. The summed E-state index contributed by atoms with van der Waals surface area (Å²) < 4.78 is 5.70. The van der Waals surface area contributed by atoms with E-state index in [0.29, 0.717) is 32.7 Å². The monoisotopic (exact) mass is 415 g/mol. The first kappa shape index (κ1) is 22.1. The number of carbonyl (C=O) groups is 3. The summed E-state index contributed by atoms with van der Waals surface area (Å²) in [5.41, 5.74) is 1.89. The van der Waals surface area contributed by atoms with Crippen LogP contribution in [0, 0.1) is 19.8 Å². The number of amides is 3. The quantitative estimate of drug-likeness (QED) is 0.754. The molecule has 0 N–H and O–H groups in total. The zero-order chi connectivity index (χ0) is 22.1. The molecule has 0 aromatic heterocycles. The third kappa shape index (κ3) is 4.94. The second-order valence-corrected chi connectivity index (χ2v) is 9.34. The highest BCUT2D eigenvalue weighted by molar-refractivity contribution is 5.89. The van der Waals surface area contributed by atoms with Gasteiger partial charge in [0.25, 0.3) is 5.91 Å². The standard InChI is InChI=1S/C23H33N3O4/c1-16-6-7-19(17(2)12-16)30-15-21(28)24-8-10-25(11-9-24)22(29)18-13-20(27)26(14-18)23(3,4)5/h6-7,12,18H,8-11,13-15H2,1-5H3. The lowest BCUT2D eigenvalue weighted by Crippen LogP contribution is -2.53. The molecule has 1 aromatic carbocycles. The third-order valence-electron chi connectivity index (χ3n) is 5.91. The Kier molecular flexibility index (Phi) is 6.38. The van der Waals surface area contributed by atoms with Crippen molar-refractivity contribution in [3.8, 4) is 5.75 Å². The Morgan fingerprint density at radius 1 is 1.07 bits per heavy atom. The molecule has 0 aliphatic carbocycles. The molecule has 7 nitrogen and oxygen atoms in total.